The summed E-state index contributed by atoms with van der Waals surface area (Å²) in [5.41, 5.74) is 6.86. The fourth-order valence-corrected chi connectivity index (χ4v) is 2.68. The lowest BCUT2D eigenvalue weighted by molar-refractivity contribution is -0.120. The van der Waals surface area contributed by atoms with E-state index in [4.69, 9.17) is 5.73 Å². The summed E-state index contributed by atoms with van der Waals surface area (Å²) in [6.45, 7) is 5.83. The van der Waals surface area contributed by atoms with E-state index in [1.165, 1.54) is 11.3 Å². The number of aromatic nitrogens is 1. The van der Waals surface area contributed by atoms with Crippen molar-refractivity contribution < 1.29 is 4.79 Å². The molecule has 1 rings (SSSR count). The van der Waals surface area contributed by atoms with Gasteiger partial charge in [0.25, 0.3) is 0 Å². The van der Waals surface area contributed by atoms with Crippen molar-refractivity contribution in [3.8, 4) is 0 Å². The average Bonchev–Trinajstić information content (AvgIpc) is 2.81. The second-order valence-electron chi connectivity index (χ2n) is 5.63. The molecule has 1 atom stereocenters. The van der Waals surface area contributed by atoms with Crippen LogP contribution in [-0.4, -0.2) is 43.0 Å². The summed E-state index contributed by atoms with van der Waals surface area (Å²) < 4.78 is 0. The lowest BCUT2D eigenvalue weighted by atomic mass is 10.1. The first-order chi connectivity index (χ1) is 9.40. The lowest BCUT2D eigenvalue weighted by Gasteiger charge is -2.11. The summed E-state index contributed by atoms with van der Waals surface area (Å²) in [6, 6.07) is -0.0445. The van der Waals surface area contributed by atoms with Crippen molar-refractivity contribution in [1.82, 2.24) is 15.2 Å². The minimum absolute atomic E-state index is 0.0266. The van der Waals surface area contributed by atoms with Gasteiger partial charge in [0.05, 0.1) is 18.2 Å². The van der Waals surface area contributed by atoms with Gasteiger partial charge in [0.15, 0.2) is 0 Å². The first-order valence-corrected chi connectivity index (χ1v) is 7.89. The zero-order valence-corrected chi connectivity index (χ0v) is 13.7. The molecule has 0 saturated heterocycles. The number of carbonyl (C=O) groups excluding carboxylic acids is 1. The normalized spacial score (nSPS) is 12.9. The van der Waals surface area contributed by atoms with Crippen LogP contribution in [0.3, 0.4) is 0 Å². The largest absolute Gasteiger partial charge is 0.356 e. The van der Waals surface area contributed by atoms with Gasteiger partial charge in [0, 0.05) is 11.9 Å². The van der Waals surface area contributed by atoms with E-state index >= 15 is 0 Å². The summed E-state index contributed by atoms with van der Waals surface area (Å²) in [6.07, 6.45) is 1.29. The van der Waals surface area contributed by atoms with Crippen LogP contribution in [0.4, 0.5) is 0 Å². The molecule has 114 valence electrons. The van der Waals surface area contributed by atoms with Gasteiger partial charge in [0.1, 0.15) is 5.01 Å². The van der Waals surface area contributed by atoms with Crippen LogP contribution in [0.25, 0.3) is 0 Å². The molecule has 0 spiro atoms. The van der Waals surface area contributed by atoms with Crippen molar-refractivity contribution in [3.63, 3.8) is 0 Å². The molecule has 0 aliphatic rings. The van der Waals surface area contributed by atoms with Crippen molar-refractivity contribution >= 4 is 17.2 Å². The number of hydrogen-bond donors (Lipinski definition) is 2. The van der Waals surface area contributed by atoms with Crippen LogP contribution >= 0.6 is 11.3 Å². The molecule has 6 heteroatoms. The first kappa shape index (κ1) is 17.1. The fraction of sp³-hybridized carbons (Fsp3) is 0.714. The molecule has 0 aliphatic carbocycles. The van der Waals surface area contributed by atoms with E-state index in [2.05, 4.69) is 29.0 Å². The molecule has 1 amide bonds. The third kappa shape index (κ3) is 5.98. The number of amides is 1. The van der Waals surface area contributed by atoms with Crippen LogP contribution in [0.2, 0.25) is 0 Å². The van der Waals surface area contributed by atoms with E-state index in [0.29, 0.717) is 18.9 Å². The Kier molecular flexibility index (Phi) is 7.12. The van der Waals surface area contributed by atoms with Crippen LogP contribution in [0, 0.1) is 5.92 Å². The maximum Gasteiger partial charge on any atom is 0.226 e. The third-order valence-corrected chi connectivity index (χ3v) is 4.01. The van der Waals surface area contributed by atoms with Crippen molar-refractivity contribution in [1.29, 1.82) is 0 Å². The smallest absolute Gasteiger partial charge is 0.226 e. The van der Waals surface area contributed by atoms with Gasteiger partial charge in [-0.3, -0.25) is 4.79 Å². The van der Waals surface area contributed by atoms with Gasteiger partial charge in [-0.05, 0) is 33.0 Å². The highest BCUT2D eigenvalue weighted by molar-refractivity contribution is 7.09. The van der Waals surface area contributed by atoms with Crippen LogP contribution in [0.15, 0.2) is 5.38 Å². The molecule has 0 fully saturated rings. The van der Waals surface area contributed by atoms with Crippen LogP contribution in [0.1, 0.15) is 37.0 Å². The monoisotopic (exact) mass is 298 g/mol. The van der Waals surface area contributed by atoms with Gasteiger partial charge in [-0.25, -0.2) is 4.98 Å². The molecule has 0 bridgehead atoms. The number of nitrogens with one attached hydrogen (secondary N) is 1. The molecule has 1 aromatic rings. The average molecular weight is 298 g/mol. The van der Waals surface area contributed by atoms with E-state index in [0.717, 1.165) is 23.7 Å². The van der Waals surface area contributed by atoms with Crippen molar-refractivity contribution in [3.05, 3.63) is 16.1 Å². The Labute approximate surface area is 125 Å². The molecule has 0 saturated carbocycles. The molecule has 1 aromatic heterocycles. The van der Waals surface area contributed by atoms with Gasteiger partial charge in [0.2, 0.25) is 5.91 Å². The van der Waals surface area contributed by atoms with Crippen LogP contribution in [0.5, 0.6) is 0 Å². The minimum Gasteiger partial charge on any atom is -0.356 e. The summed E-state index contributed by atoms with van der Waals surface area (Å²) in [7, 11) is 4.05. The number of rotatable bonds is 8. The molecule has 1 heterocycles. The van der Waals surface area contributed by atoms with E-state index in [-0.39, 0.29) is 11.9 Å². The zero-order chi connectivity index (χ0) is 15.1. The highest BCUT2D eigenvalue weighted by Gasteiger charge is 2.15. The Bertz CT molecular complexity index is 417. The third-order valence-electron chi connectivity index (χ3n) is 3.02. The van der Waals surface area contributed by atoms with E-state index in [1.807, 2.05) is 19.5 Å². The Balaban J connectivity index is 2.35. The Morgan fingerprint density at radius 2 is 2.20 bits per heavy atom. The Morgan fingerprint density at radius 1 is 1.50 bits per heavy atom. The van der Waals surface area contributed by atoms with Gasteiger partial charge < -0.3 is 16.0 Å². The quantitative estimate of drug-likeness (QED) is 0.712. The van der Waals surface area contributed by atoms with Gasteiger partial charge in [-0.2, -0.15) is 0 Å². The Hall–Kier alpha value is -0.980. The molecular formula is C14H26N4OS. The maximum absolute atomic E-state index is 11.8. The SMILES string of the molecule is CC(C)C(N)c1nc(CC(=O)NCCCN(C)C)cs1. The molecule has 20 heavy (non-hydrogen) atoms. The second-order valence-corrected chi connectivity index (χ2v) is 6.52. The van der Waals surface area contributed by atoms with Crippen molar-refractivity contribution in [2.75, 3.05) is 27.2 Å². The number of nitrogens with two attached hydrogens (primary N) is 1. The lowest BCUT2D eigenvalue weighted by Crippen LogP contribution is -2.28. The standard InChI is InChI=1S/C14H26N4OS/c1-10(2)13(15)14-17-11(9-20-14)8-12(19)16-6-5-7-18(3)4/h9-10,13H,5-8,15H2,1-4H3,(H,16,19). The van der Waals surface area contributed by atoms with E-state index < -0.39 is 0 Å². The van der Waals surface area contributed by atoms with Gasteiger partial charge in [-0.15, -0.1) is 11.3 Å². The summed E-state index contributed by atoms with van der Waals surface area (Å²) in [4.78, 5) is 18.3. The van der Waals surface area contributed by atoms with Gasteiger partial charge >= 0.3 is 0 Å². The summed E-state index contributed by atoms with van der Waals surface area (Å²) >= 11 is 1.54. The summed E-state index contributed by atoms with van der Waals surface area (Å²) in [5.74, 6) is 0.382. The van der Waals surface area contributed by atoms with E-state index in [9.17, 15) is 4.79 Å². The van der Waals surface area contributed by atoms with Gasteiger partial charge in [-0.1, -0.05) is 13.8 Å². The molecule has 5 nitrogen and oxygen atoms in total. The van der Waals surface area contributed by atoms with E-state index in [1.54, 1.807) is 0 Å². The molecule has 0 aliphatic heterocycles. The second kappa shape index (κ2) is 8.34. The molecule has 3 N–H and O–H groups in total. The number of carbonyl (C=O) groups is 1. The van der Waals surface area contributed by atoms with Crippen LogP contribution < -0.4 is 11.1 Å². The molecular weight excluding hydrogens is 272 g/mol. The van der Waals surface area contributed by atoms with Crippen LogP contribution in [-0.2, 0) is 11.2 Å². The molecule has 0 radical (unpaired) electrons. The van der Waals surface area contributed by atoms with Crippen molar-refractivity contribution in [2.24, 2.45) is 11.7 Å². The topological polar surface area (TPSA) is 71.2 Å². The predicted octanol–water partition coefficient (Wildman–Crippen LogP) is 1.41. The highest BCUT2D eigenvalue weighted by atomic mass is 32.1. The molecule has 1 unspecified atom stereocenters. The Morgan fingerprint density at radius 3 is 2.80 bits per heavy atom. The number of thiazole rings is 1. The minimum atomic E-state index is -0.0445. The predicted molar refractivity (Wildman–Crippen MR) is 83.8 cm³/mol. The highest BCUT2D eigenvalue weighted by Crippen LogP contribution is 2.22. The number of hydrogen-bond acceptors (Lipinski definition) is 5. The molecule has 0 aromatic carbocycles. The zero-order valence-electron chi connectivity index (χ0n) is 12.8. The first-order valence-electron chi connectivity index (χ1n) is 7.01. The number of nitrogens with zero attached hydrogens (tertiary/aromatic N) is 2. The maximum atomic E-state index is 11.8. The summed E-state index contributed by atoms with van der Waals surface area (Å²) in [5, 5.41) is 5.76. The fourth-order valence-electron chi connectivity index (χ4n) is 1.69. The van der Waals surface area contributed by atoms with Crippen molar-refractivity contribution in [2.45, 2.75) is 32.7 Å².